The number of nitrogens with one attached hydrogen (secondary N) is 1. The number of aromatic nitrogens is 2. The van der Waals surface area contributed by atoms with Crippen molar-refractivity contribution in [3.63, 3.8) is 0 Å². The lowest BCUT2D eigenvalue weighted by Crippen LogP contribution is -2.30. The molecule has 0 saturated heterocycles. The number of fused-ring (bicyclic) bond motifs is 1. The molecule has 2 aromatic rings. The Bertz CT molecular complexity index is 540. The van der Waals surface area contributed by atoms with Crippen LogP contribution in [0.4, 0.5) is 5.82 Å². The van der Waals surface area contributed by atoms with Gasteiger partial charge in [-0.3, -0.25) is 0 Å². The Morgan fingerprint density at radius 2 is 1.83 bits per heavy atom. The number of nitrogens with zero attached hydrogens (tertiary/aromatic N) is 2. The van der Waals surface area contributed by atoms with Crippen molar-refractivity contribution in [3.8, 4) is 0 Å². The quantitative estimate of drug-likeness (QED) is 0.868. The minimum absolute atomic E-state index is 0.00888. The summed E-state index contributed by atoms with van der Waals surface area (Å²) < 4.78 is 0. The number of rotatable bonds is 4. The summed E-state index contributed by atoms with van der Waals surface area (Å²) in [5.41, 5.74) is 0.918. The minimum atomic E-state index is -0.00888. The standard InChI is InChI=1S/C14H19N3O/c1-9(2)13(8-18)15-14-12-7-5-4-6-11(12)10(3)16-17-14/h4-7,9,13,18H,8H2,1-3H3,(H,15,17)/t13-/m1/s1. The van der Waals surface area contributed by atoms with E-state index in [1.54, 1.807) is 0 Å². The minimum Gasteiger partial charge on any atom is -0.394 e. The van der Waals surface area contributed by atoms with E-state index in [0.29, 0.717) is 5.92 Å². The summed E-state index contributed by atoms with van der Waals surface area (Å²) in [5, 5.41) is 23.2. The topological polar surface area (TPSA) is 58.0 Å². The van der Waals surface area contributed by atoms with E-state index in [9.17, 15) is 5.11 Å². The molecule has 18 heavy (non-hydrogen) atoms. The van der Waals surface area contributed by atoms with Gasteiger partial charge in [0.1, 0.15) is 0 Å². The Kier molecular flexibility index (Phi) is 3.77. The fourth-order valence-corrected chi connectivity index (χ4v) is 1.94. The molecule has 4 nitrogen and oxygen atoms in total. The summed E-state index contributed by atoms with van der Waals surface area (Å²) in [6, 6.07) is 8.03. The van der Waals surface area contributed by atoms with Crippen LogP contribution in [0.15, 0.2) is 24.3 Å². The maximum Gasteiger partial charge on any atom is 0.156 e. The number of aryl methyl sites for hydroxylation is 1. The largest absolute Gasteiger partial charge is 0.394 e. The molecule has 0 spiro atoms. The highest BCUT2D eigenvalue weighted by Gasteiger charge is 2.14. The van der Waals surface area contributed by atoms with Crippen LogP contribution in [0.2, 0.25) is 0 Å². The zero-order chi connectivity index (χ0) is 13.1. The summed E-state index contributed by atoms with van der Waals surface area (Å²) >= 11 is 0. The number of hydrogen-bond acceptors (Lipinski definition) is 4. The smallest absolute Gasteiger partial charge is 0.156 e. The average molecular weight is 245 g/mol. The van der Waals surface area contributed by atoms with Gasteiger partial charge in [-0.1, -0.05) is 38.1 Å². The second-order valence-electron chi connectivity index (χ2n) is 4.86. The number of hydrogen-bond donors (Lipinski definition) is 2. The first-order valence-electron chi connectivity index (χ1n) is 6.23. The molecule has 1 aromatic carbocycles. The molecule has 1 aromatic heterocycles. The molecule has 2 rings (SSSR count). The van der Waals surface area contributed by atoms with Crippen molar-refractivity contribution in [1.82, 2.24) is 10.2 Å². The van der Waals surface area contributed by atoms with Gasteiger partial charge in [-0.2, -0.15) is 5.10 Å². The van der Waals surface area contributed by atoms with Gasteiger partial charge in [-0.15, -0.1) is 5.10 Å². The molecule has 0 fully saturated rings. The molecule has 0 saturated carbocycles. The van der Waals surface area contributed by atoms with E-state index in [4.69, 9.17) is 0 Å². The Labute approximate surface area is 107 Å². The van der Waals surface area contributed by atoms with Crippen LogP contribution in [0, 0.1) is 12.8 Å². The van der Waals surface area contributed by atoms with Gasteiger partial charge in [0.05, 0.1) is 18.3 Å². The van der Waals surface area contributed by atoms with Crippen molar-refractivity contribution in [2.45, 2.75) is 26.8 Å². The van der Waals surface area contributed by atoms with Crippen LogP contribution < -0.4 is 5.32 Å². The van der Waals surface area contributed by atoms with Crippen LogP contribution in [-0.4, -0.2) is 28.0 Å². The van der Waals surface area contributed by atoms with Crippen LogP contribution in [0.25, 0.3) is 10.8 Å². The third-order valence-electron chi connectivity index (χ3n) is 3.20. The normalized spacial score (nSPS) is 12.9. The van der Waals surface area contributed by atoms with E-state index in [-0.39, 0.29) is 12.6 Å². The van der Waals surface area contributed by atoms with Crippen LogP contribution in [-0.2, 0) is 0 Å². The molecule has 0 unspecified atom stereocenters. The van der Waals surface area contributed by atoms with Crippen molar-refractivity contribution >= 4 is 16.6 Å². The predicted octanol–water partition coefficient (Wildman–Crippen LogP) is 2.37. The van der Waals surface area contributed by atoms with E-state index >= 15 is 0 Å². The Balaban J connectivity index is 2.42. The van der Waals surface area contributed by atoms with Crippen molar-refractivity contribution in [2.24, 2.45) is 5.92 Å². The second-order valence-corrected chi connectivity index (χ2v) is 4.86. The van der Waals surface area contributed by atoms with E-state index in [1.165, 1.54) is 0 Å². The molecule has 0 bridgehead atoms. The zero-order valence-electron chi connectivity index (χ0n) is 11.0. The predicted molar refractivity (Wildman–Crippen MR) is 73.6 cm³/mol. The number of aliphatic hydroxyl groups is 1. The first kappa shape index (κ1) is 12.8. The summed E-state index contributed by atoms with van der Waals surface area (Å²) in [7, 11) is 0. The highest BCUT2D eigenvalue weighted by atomic mass is 16.3. The molecule has 1 atom stereocenters. The van der Waals surface area contributed by atoms with Gasteiger partial charge in [0.15, 0.2) is 5.82 Å². The van der Waals surface area contributed by atoms with Crippen LogP contribution in [0.1, 0.15) is 19.5 Å². The summed E-state index contributed by atoms with van der Waals surface area (Å²) in [5.74, 6) is 1.07. The van der Waals surface area contributed by atoms with Crippen LogP contribution in [0.5, 0.6) is 0 Å². The van der Waals surface area contributed by atoms with Crippen molar-refractivity contribution in [2.75, 3.05) is 11.9 Å². The van der Waals surface area contributed by atoms with Crippen molar-refractivity contribution in [3.05, 3.63) is 30.0 Å². The first-order valence-corrected chi connectivity index (χ1v) is 6.23. The van der Waals surface area contributed by atoms with Gasteiger partial charge in [-0.05, 0) is 12.8 Å². The van der Waals surface area contributed by atoms with Gasteiger partial charge in [-0.25, -0.2) is 0 Å². The van der Waals surface area contributed by atoms with E-state index in [1.807, 2.05) is 31.2 Å². The van der Waals surface area contributed by atoms with Gasteiger partial charge in [0.25, 0.3) is 0 Å². The Morgan fingerprint density at radius 1 is 1.17 bits per heavy atom. The Morgan fingerprint density at radius 3 is 2.44 bits per heavy atom. The monoisotopic (exact) mass is 245 g/mol. The van der Waals surface area contributed by atoms with E-state index in [0.717, 1.165) is 22.3 Å². The van der Waals surface area contributed by atoms with Crippen LogP contribution >= 0.6 is 0 Å². The fourth-order valence-electron chi connectivity index (χ4n) is 1.94. The molecule has 0 radical (unpaired) electrons. The molecular formula is C14H19N3O. The van der Waals surface area contributed by atoms with Gasteiger partial charge < -0.3 is 10.4 Å². The lowest BCUT2D eigenvalue weighted by Gasteiger charge is -2.21. The van der Waals surface area contributed by atoms with E-state index < -0.39 is 0 Å². The van der Waals surface area contributed by atoms with Crippen LogP contribution in [0.3, 0.4) is 0 Å². The lowest BCUT2D eigenvalue weighted by atomic mass is 10.0. The molecule has 0 aliphatic carbocycles. The second kappa shape index (κ2) is 5.31. The van der Waals surface area contributed by atoms with Crippen molar-refractivity contribution in [1.29, 1.82) is 0 Å². The van der Waals surface area contributed by atoms with Gasteiger partial charge in [0, 0.05) is 10.8 Å². The molecule has 4 heteroatoms. The molecule has 0 aliphatic rings. The summed E-state index contributed by atoms with van der Waals surface area (Å²) in [4.78, 5) is 0. The third-order valence-corrected chi connectivity index (χ3v) is 3.20. The zero-order valence-corrected chi connectivity index (χ0v) is 11.0. The molecule has 96 valence electrons. The highest BCUT2D eigenvalue weighted by molar-refractivity contribution is 5.92. The van der Waals surface area contributed by atoms with Gasteiger partial charge in [0.2, 0.25) is 0 Å². The van der Waals surface area contributed by atoms with E-state index in [2.05, 4.69) is 29.4 Å². The molecule has 0 aliphatic heterocycles. The first-order chi connectivity index (χ1) is 8.63. The molecular weight excluding hydrogens is 226 g/mol. The molecule has 2 N–H and O–H groups in total. The highest BCUT2D eigenvalue weighted by Crippen LogP contribution is 2.23. The third kappa shape index (κ3) is 2.43. The maximum atomic E-state index is 9.37. The SMILES string of the molecule is Cc1nnc(N[C@H](CO)C(C)C)c2ccccc12. The summed E-state index contributed by atoms with van der Waals surface area (Å²) in [6.07, 6.45) is 0. The van der Waals surface area contributed by atoms with Gasteiger partial charge >= 0.3 is 0 Å². The van der Waals surface area contributed by atoms with Crippen molar-refractivity contribution < 1.29 is 5.11 Å². The molecule has 0 amide bonds. The Hall–Kier alpha value is -1.68. The maximum absolute atomic E-state index is 9.37. The average Bonchev–Trinajstić information content (AvgIpc) is 2.38. The fraction of sp³-hybridized carbons (Fsp3) is 0.429. The number of benzene rings is 1. The number of aliphatic hydroxyl groups excluding tert-OH is 1. The molecule has 1 heterocycles. The summed E-state index contributed by atoms with van der Waals surface area (Å²) in [6.45, 7) is 6.17. The number of anilines is 1. The lowest BCUT2D eigenvalue weighted by molar-refractivity contribution is 0.249.